The SMILES string of the molecule is COc1cc(C(=O)NCC([S+]([O-])Cc2cc(C(C)(C)N)cc(-c3ccc(F)c(Cl)c3)n2)C(F)(F)F)ccc1O[C@H]1CCNC1=O. The highest BCUT2D eigenvalue weighted by Gasteiger charge is 2.48. The Morgan fingerprint density at radius 1 is 1.20 bits per heavy atom. The fourth-order valence-electron chi connectivity index (χ4n) is 4.47. The van der Waals surface area contributed by atoms with Gasteiger partial charge >= 0.3 is 6.18 Å². The topological polar surface area (TPSA) is 139 Å². The first-order valence-electron chi connectivity index (χ1n) is 13.7. The molecule has 1 aromatic heterocycles. The Bertz CT molecular complexity index is 1570. The van der Waals surface area contributed by atoms with Crippen LogP contribution in [0.2, 0.25) is 5.02 Å². The third kappa shape index (κ3) is 8.57. The summed E-state index contributed by atoms with van der Waals surface area (Å²) in [5, 5.41) is 2.22. The number of benzene rings is 2. The molecule has 2 unspecified atom stereocenters. The van der Waals surface area contributed by atoms with E-state index in [1.807, 2.05) is 0 Å². The molecule has 242 valence electrons. The first-order valence-corrected chi connectivity index (χ1v) is 15.4. The number of carbonyl (C=O) groups excluding carboxylic acids is 2. The van der Waals surface area contributed by atoms with Crippen LogP contribution < -0.4 is 25.8 Å². The van der Waals surface area contributed by atoms with E-state index in [4.69, 9.17) is 26.8 Å². The van der Waals surface area contributed by atoms with Gasteiger partial charge in [0.05, 0.1) is 30.1 Å². The molecule has 0 saturated carbocycles. The predicted molar refractivity (Wildman–Crippen MR) is 161 cm³/mol. The second-order valence-electron chi connectivity index (χ2n) is 10.9. The van der Waals surface area contributed by atoms with Gasteiger partial charge in [0, 0.05) is 29.6 Å². The fraction of sp³-hybridized carbons (Fsp3) is 0.367. The maximum atomic E-state index is 14.1. The van der Waals surface area contributed by atoms with E-state index >= 15 is 0 Å². The third-order valence-electron chi connectivity index (χ3n) is 6.95. The van der Waals surface area contributed by atoms with Crippen LogP contribution in [0.5, 0.6) is 11.5 Å². The molecule has 4 rings (SSSR count). The zero-order valence-electron chi connectivity index (χ0n) is 24.5. The zero-order valence-corrected chi connectivity index (χ0v) is 26.0. The maximum Gasteiger partial charge on any atom is 0.438 e. The molecule has 2 aromatic carbocycles. The normalized spacial score (nSPS) is 16.6. The Morgan fingerprint density at radius 2 is 1.93 bits per heavy atom. The lowest BCUT2D eigenvalue weighted by Gasteiger charge is -2.25. The van der Waals surface area contributed by atoms with Gasteiger partial charge in [-0.05, 0) is 79.1 Å². The van der Waals surface area contributed by atoms with E-state index in [0.717, 1.165) is 6.07 Å². The number of methoxy groups -OCH3 is 1. The van der Waals surface area contributed by atoms with Crippen molar-refractivity contribution in [2.24, 2.45) is 5.73 Å². The van der Waals surface area contributed by atoms with Crippen molar-refractivity contribution in [2.75, 3.05) is 20.2 Å². The smallest absolute Gasteiger partial charge is 0.438 e. The Hall–Kier alpha value is -3.59. The minimum absolute atomic E-state index is 0.0380. The van der Waals surface area contributed by atoms with E-state index in [1.165, 1.54) is 43.5 Å². The van der Waals surface area contributed by atoms with Gasteiger partial charge < -0.3 is 30.4 Å². The molecule has 2 heterocycles. The van der Waals surface area contributed by atoms with Crippen molar-refractivity contribution in [3.63, 3.8) is 0 Å². The summed E-state index contributed by atoms with van der Waals surface area (Å²) in [7, 11) is 1.31. The molecule has 3 aromatic rings. The molecule has 9 nitrogen and oxygen atoms in total. The number of nitrogens with zero attached hydrogens (tertiary/aromatic N) is 1. The van der Waals surface area contributed by atoms with Crippen molar-refractivity contribution < 1.29 is 41.2 Å². The molecular weight excluding hydrogens is 640 g/mol. The number of amides is 2. The van der Waals surface area contributed by atoms with E-state index < -0.39 is 58.3 Å². The summed E-state index contributed by atoms with van der Waals surface area (Å²) in [6.45, 7) is 2.82. The molecule has 2 amide bonds. The molecular formula is C30H31ClF4N4O5S. The van der Waals surface area contributed by atoms with Crippen LogP contribution in [0.4, 0.5) is 17.6 Å². The minimum Gasteiger partial charge on any atom is -0.616 e. The summed E-state index contributed by atoms with van der Waals surface area (Å²) < 4.78 is 80.2. The van der Waals surface area contributed by atoms with Crippen LogP contribution in [0.3, 0.4) is 0 Å². The van der Waals surface area contributed by atoms with E-state index in [0.29, 0.717) is 24.1 Å². The number of hydrogen-bond donors (Lipinski definition) is 3. The van der Waals surface area contributed by atoms with E-state index in [-0.39, 0.29) is 39.4 Å². The van der Waals surface area contributed by atoms with Crippen molar-refractivity contribution in [1.29, 1.82) is 0 Å². The predicted octanol–water partition coefficient (Wildman–Crippen LogP) is 4.62. The van der Waals surface area contributed by atoms with Crippen LogP contribution in [0.1, 0.15) is 41.9 Å². The highest BCUT2D eigenvalue weighted by atomic mass is 35.5. The Labute approximate surface area is 265 Å². The van der Waals surface area contributed by atoms with Crippen molar-refractivity contribution >= 4 is 34.6 Å². The van der Waals surface area contributed by atoms with Crippen LogP contribution in [-0.2, 0) is 27.3 Å². The standard InChI is InChI=1S/C30H31ClF4N4O5S/c1-29(2,36)18-12-19(39-22(13-18)16-4-6-21(32)20(31)10-16)15-45(42)26(30(33,34)35)14-38-27(40)17-5-7-23(25(11-17)43-3)44-24-8-9-37-28(24)41/h4-7,10-13,24,26H,8-9,14-15,36H2,1-3H3,(H,37,41)(H,38,40)/t24-,26?,45?/m0/s1. The number of carbonyl (C=O) groups is 2. The number of nitrogens with one attached hydrogen (secondary N) is 2. The molecule has 0 aliphatic carbocycles. The summed E-state index contributed by atoms with van der Waals surface area (Å²) in [5.74, 6) is -2.15. The molecule has 1 aliphatic rings. The molecule has 0 spiro atoms. The lowest BCUT2D eigenvalue weighted by atomic mass is 9.94. The van der Waals surface area contributed by atoms with E-state index in [1.54, 1.807) is 19.9 Å². The molecule has 1 aliphatic heterocycles. The van der Waals surface area contributed by atoms with Gasteiger partial charge in [-0.15, -0.1) is 0 Å². The average Bonchev–Trinajstić information content (AvgIpc) is 3.37. The summed E-state index contributed by atoms with van der Waals surface area (Å²) in [6.07, 6.45) is -5.24. The Balaban J connectivity index is 1.52. The lowest BCUT2D eigenvalue weighted by molar-refractivity contribution is -0.129. The van der Waals surface area contributed by atoms with Crippen molar-refractivity contribution in [3.8, 4) is 22.8 Å². The number of halogens is 5. The van der Waals surface area contributed by atoms with Crippen molar-refractivity contribution in [1.82, 2.24) is 15.6 Å². The van der Waals surface area contributed by atoms with E-state index in [2.05, 4.69) is 15.6 Å². The van der Waals surface area contributed by atoms with Gasteiger partial charge in [0.1, 0.15) is 11.6 Å². The van der Waals surface area contributed by atoms with Crippen molar-refractivity contribution in [2.45, 2.75) is 49.1 Å². The van der Waals surface area contributed by atoms with Gasteiger partial charge in [-0.3, -0.25) is 9.59 Å². The molecule has 45 heavy (non-hydrogen) atoms. The fourth-order valence-corrected chi connectivity index (χ4v) is 5.86. The average molecular weight is 671 g/mol. The first-order chi connectivity index (χ1) is 21.1. The molecule has 4 N–H and O–H groups in total. The second-order valence-corrected chi connectivity index (χ2v) is 12.9. The molecule has 3 atom stereocenters. The summed E-state index contributed by atoms with van der Waals surface area (Å²) >= 11 is 3.33. The first kappa shape index (κ1) is 34.3. The number of pyridine rings is 1. The van der Waals surface area contributed by atoms with E-state index in [9.17, 15) is 31.7 Å². The van der Waals surface area contributed by atoms with Crippen LogP contribution in [-0.4, -0.2) is 59.1 Å². The maximum absolute atomic E-state index is 14.1. The quantitative estimate of drug-likeness (QED) is 0.200. The number of hydrogen-bond acceptors (Lipinski definition) is 7. The van der Waals surface area contributed by atoms with Gasteiger partial charge in [-0.25, -0.2) is 9.37 Å². The summed E-state index contributed by atoms with van der Waals surface area (Å²) in [5.41, 5.74) is 6.45. The molecule has 1 fully saturated rings. The summed E-state index contributed by atoms with van der Waals surface area (Å²) in [4.78, 5) is 29.0. The van der Waals surface area contributed by atoms with Crippen LogP contribution in [0.15, 0.2) is 48.5 Å². The number of alkyl halides is 3. The number of rotatable bonds is 11. The van der Waals surface area contributed by atoms with Crippen LogP contribution in [0.25, 0.3) is 11.3 Å². The van der Waals surface area contributed by atoms with Gasteiger partial charge in [0.15, 0.2) is 17.6 Å². The van der Waals surface area contributed by atoms with Gasteiger partial charge in [0.2, 0.25) is 5.25 Å². The van der Waals surface area contributed by atoms with Crippen LogP contribution >= 0.6 is 11.6 Å². The monoisotopic (exact) mass is 670 g/mol. The molecule has 0 radical (unpaired) electrons. The van der Waals surface area contributed by atoms with Crippen molar-refractivity contribution in [3.05, 3.63) is 76.2 Å². The number of aromatic nitrogens is 1. The largest absolute Gasteiger partial charge is 0.616 e. The molecule has 0 bridgehead atoms. The second kappa shape index (κ2) is 13.8. The Morgan fingerprint density at radius 3 is 2.53 bits per heavy atom. The Kier molecular flexibility index (Phi) is 10.5. The number of ether oxygens (including phenoxy) is 2. The van der Waals surface area contributed by atoms with Gasteiger partial charge in [-0.1, -0.05) is 11.6 Å². The van der Waals surface area contributed by atoms with Gasteiger partial charge in [-0.2, -0.15) is 13.2 Å². The van der Waals surface area contributed by atoms with Gasteiger partial charge in [0.25, 0.3) is 11.8 Å². The minimum atomic E-state index is -4.94. The number of nitrogens with two attached hydrogens (primary N) is 1. The summed E-state index contributed by atoms with van der Waals surface area (Å²) in [6, 6.07) is 10.9. The third-order valence-corrected chi connectivity index (χ3v) is 8.89. The molecule has 15 heteroatoms. The molecule has 1 saturated heterocycles. The zero-order chi connectivity index (χ0) is 33.1. The highest BCUT2D eigenvalue weighted by molar-refractivity contribution is 7.91. The highest BCUT2D eigenvalue weighted by Crippen LogP contribution is 2.32. The van der Waals surface area contributed by atoms with Crippen LogP contribution in [0, 0.1) is 5.82 Å². The lowest BCUT2D eigenvalue weighted by Crippen LogP contribution is -2.46.